The van der Waals surface area contributed by atoms with Gasteiger partial charge in [-0.3, -0.25) is 4.79 Å². The summed E-state index contributed by atoms with van der Waals surface area (Å²) in [7, 11) is 0. The molecule has 0 unspecified atom stereocenters. The number of carbonyl (C=O) groups is 1. The first-order valence-corrected chi connectivity index (χ1v) is 5.96. The van der Waals surface area contributed by atoms with E-state index in [1.165, 1.54) is 30.4 Å². The van der Waals surface area contributed by atoms with Crippen LogP contribution >= 0.6 is 11.3 Å². The molecule has 1 aromatic carbocycles. The molecule has 0 aliphatic heterocycles. The summed E-state index contributed by atoms with van der Waals surface area (Å²) in [6, 6.07) is 6.22. The lowest BCUT2D eigenvalue weighted by Crippen LogP contribution is -2.01. The molecule has 0 N–H and O–H groups in total. The Labute approximate surface area is 106 Å². The van der Waals surface area contributed by atoms with Crippen molar-refractivity contribution in [2.45, 2.75) is 13.5 Å². The zero-order valence-corrected chi connectivity index (χ0v) is 10.2. The van der Waals surface area contributed by atoms with Gasteiger partial charge in [-0.05, 0) is 12.1 Å². The van der Waals surface area contributed by atoms with E-state index in [9.17, 15) is 13.6 Å². The fourth-order valence-electron chi connectivity index (χ4n) is 1.40. The van der Waals surface area contributed by atoms with Crippen molar-refractivity contribution in [2.24, 2.45) is 0 Å². The van der Waals surface area contributed by atoms with Gasteiger partial charge in [-0.2, -0.15) is 8.78 Å². The van der Waals surface area contributed by atoms with Crippen LogP contribution in [0, 0.1) is 0 Å². The fraction of sp³-hybridized carbons (Fsp3) is 0.167. The van der Waals surface area contributed by atoms with E-state index >= 15 is 0 Å². The van der Waals surface area contributed by atoms with Gasteiger partial charge in [0, 0.05) is 17.9 Å². The standard InChI is InChI=1S/C12H9F2NO2S/c1-7(16)11-15-10(6-18-11)8-3-2-4-9(5-8)17-12(13)14/h2-6,12H,1H3. The van der Waals surface area contributed by atoms with E-state index in [0.29, 0.717) is 16.3 Å². The smallest absolute Gasteiger partial charge is 0.387 e. The zero-order chi connectivity index (χ0) is 13.1. The SMILES string of the molecule is CC(=O)c1nc(-c2cccc(OC(F)F)c2)cs1. The molecule has 0 aliphatic rings. The first kappa shape index (κ1) is 12.6. The molecule has 18 heavy (non-hydrogen) atoms. The van der Waals surface area contributed by atoms with Crippen molar-refractivity contribution in [2.75, 3.05) is 0 Å². The Bertz CT molecular complexity index is 569. The highest BCUT2D eigenvalue weighted by Crippen LogP contribution is 2.26. The van der Waals surface area contributed by atoms with Gasteiger partial charge in [0.2, 0.25) is 0 Å². The topological polar surface area (TPSA) is 39.2 Å². The monoisotopic (exact) mass is 269 g/mol. The first-order chi connectivity index (χ1) is 8.56. The van der Waals surface area contributed by atoms with Gasteiger partial charge in [0.1, 0.15) is 5.75 Å². The highest BCUT2D eigenvalue weighted by atomic mass is 32.1. The van der Waals surface area contributed by atoms with Gasteiger partial charge in [-0.15, -0.1) is 11.3 Å². The van der Waals surface area contributed by atoms with E-state index in [1.807, 2.05) is 0 Å². The van der Waals surface area contributed by atoms with E-state index in [4.69, 9.17) is 0 Å². The third kappa shape index (κ3) is 2.89. The number of hydrogen-bond donors (Lipinski definition) is 0. The Kier molecular flexibility index (Phi) is 3.66. The Morgan fingerprint density at radius 3 is 2.83 bits per heavy atom. The summed E-state index contributed by atoms with van der Waals surface area (Å²) in [5, 5.41) is 2.10. The van der Waals surface area contributed by atoms with E-state index < -0.39 is 6.61 Å². The summed E-state index contributed by atoms with van der Waals surface area (Å²) in [6.07, 6.45) is 0. The number of carbonyl (C=O) groups excluding carboxylic acids is 1. The number of aromatic nitrogens is 1. The Hall–Kier alpha value is -1.82. The number of hydrogen-bond acceptors (Lipinski definition) is 4. The normalized spacial score (nSPS) is 10.7. The Morgan fingerprint density at radius 2 is 2.22 bits per heavy atom. The van der Waals surface area contributed by atoms with E-state index in [0.717, 1.165) is 0 Å². The first-order valence-electron chi connectivity index (χ1n) is 5.08. The molecule has 94 valence electrons. The molecule has 0 atom stereocenters. The van der Waals surface area contributed by atoms with Gasteiger partial charge in [-0.1, -0.05) is 12.1 Å². The molecule has 2 rings (SSSR count). The molecule has 0 saturated carbocycles. The summed E-state index contributed by atoms with van der Waals surface area (Å²) in [4.78, 5) is 15.3. The van der Waals surface area contributed by atoms with Crippen LogP contribution in [0.3, 0.4) is 0 Å². The van der Waals surface area contributed by atoms with Crippen LogP contribution in [0.15, 0.2) is 29.6 Å². The summed E-state index contributed by atoms with van der Waals surface area (Å²) < 4.78 is 28.5. The van der Waals surface area contributed by atoms with Crippen LogP contribution in [0.4, 0.5) is 8.78 Å². The zero-order valence-electron chi connectivity index (χ0n) is 9.39. The van der Waals surface area contributed by atoms with Crippen molar-refractivity contribution >= 4 is 17.1 Å². The number of halogens is 2. The second-order valence-corrected chi connectivity index (χ2v) is 4.36. The molecule has 0 amide bonds. The highest BCUT2D eigenvalue weighted by molar-refractivity contribution is 7.12. The number of rotatable bonds is 4. The number of ketones is 1. The molecular formula is C12H9F2NO2S. The van der Waals surface area contributed by atoms with Crippen molar-refractivity contribution in [3.05, 3.63) is 34.7 Å². The minimum Gasteiger partial charge on any atom is -0.435 e. The maximum Gasteiger partial charge on any atom is 0.387 e. The van der Waals surface area contributed by atoms with Gasteiger partial charge in [-0.25, -0.2) is 4.98 Å². The summed E-state index contributed by atoms with van der Waals surface area (Å²) in [5.41, 5.74) is 1.21. The van der Waals surface area contributed by atoms with Crippen molar-refractivity contribution in [3.8, 4) is 17.0 Å². The van der Waals surface area contributed by atoms with Crippen molar-refractivity contribution in [3.63, 3.8) is 0 Å². The molecule has 2 aromatic rings. The van der Waals surface area contributed by atoms with Crippen molar-refractivity contribution < 1.29 is 18.3 Å². The van der Waals surface area contributed by atoms with E-state index in [1.54, 1.807) is 17.5 Å². The summed E-state index contributed by atoms with van der Waals surface area (Å²) in [5.74, 6) is -0.0499. The largest absolute Gasteiger partial charge is 0.435 e. The maximum absolute atomic E-state index is 12.1. The predicted octanol–water partition coefficient (Wildman–Crippen LogP) is 3.61. The van der Waals surface area contributed by atoms with Gasteiger partial charge in [0.15, 0.2) is 10.8 Å². The number of nitrogens with zero attached hydrogens (tertiary/aromatic N) is 1. The van der Waals surface area contributed by atoms with Crippen molar-refractivity contribution in [1.29, 1.82) is 0 Å². The van der Waals surface area contributed by atoms with Crippen LogP contribution in [0.25, 0.3) is 11.3 Å². The number of alkyl halides is 2. The van der Waals surface area contributed by atoms with E-state index in [2.05, 4.69) is 9.72 Å². The predicted molar refractivity (Wildman–Crippen MR) is 64.2 cm³/mol. The maximum atomic E-state index is 12.1. The average molecular weight is 269 g/mol. The lowest BCUT2D eigenvalue weighted by molar-refractivity contribution is -0.0498. The molecule has 0 bridgehead atoms. The minimum atomic E-state index is -2.86. The molecule has 0 aliphatic carbocycles. The molecule has 1 heterocycles. The second-order valence-electron chi connectivity index (χ2n) is 3.50. The third-order valence-corrected chi connectivity index (χ3v) is 3.10. The van der Waals surface area contributed by atoms with Crippen LogP contribution in [0.1, 0.15) is 16.7 Å². The van der Waals surface area contributed by atoms with Gasteiger partial charge in [0.05, 0.1) is 5.69 Å². The van der Waals surface area contributed by atoms with Crippen LogP contribution in [-0.4, -0.2) is 17.4 Å². The quantitative estimate of drug-likeness (QED) is 0.796. The average Bonchev–Trinajstić information content (AvgIpc) is 2.77. The van der Waals surface area contributed by atoms with Crippen molar-refractivity contribution in [1.82, 2.24) is 4.98 Å². The van der Waals surface area contributed by atoms with Crippen LogP contribution in [0.5, 0.6) is 5.75 Å². The highest BCUT2D eigenvalue weighted by Gasteiger charge is 2.10. The summed E-state index contributed by atoms with van der Waals surface area (Å²) in [6.45, 7) is -1.43. The lowest BCUT2D eigenvalue weighted by Gasteiger charge is -2.05. The molecule has 0 radical (unpaired) electrons. The number of Topliss-reactive ketones (excluding diaryl/α,β-unsaturated/α-hetero) is 1. The molecule has 0 saturated heterocycles. The molecule has 1 aromatic heterocycles. The lowest BCUT2D eigenvalue weighted by atomic mass is 10.2. The second kappa shape index (κ2) is 5.22. The molecular weight excluding hydrogens is 260 g/mol. The molecule has 0 fully saturated rings. The minimum absolute atomic E-state index is 0.0693. The van der Waals surface area contributed by atoms with E-state index in [-0.39, 0.29) is 11.5 Å². The fourth-order valence-corrected chi connectivity index (χ4v) is 2.13. The van der Waals surface area contributed by atoms with Crippen LogP contribution in [0.2, 0.25) is 0 Å². The molecule has 0 spiro atoms. The number of benzene rings is 1. The number of thiazole rings is 1. The molecule has 3 nitrogen and oxygen atoms in total. The summed E-state index contributed by atoms with van der Waals surface area (Å²) >= 11 is 1.22. The van der Waals surface area contributed by atoms with Gasteiger partial charge < -0.3 is 4.74 Å². The van der Waals surface area contributed by atoms with Crippen LogP contribution in [-0.2, 0) is 0 Å². The van der Waals surface area contributed by atoms with Gasteiger partial charge in [0.25, 0.3) is 0 Å². The van der Waals surface area contributed by atoms with Crippen LogP contribution < -0.4 is 4.74 Å². The Morgan fingerprint density at radius 1 is 1.44 bits per heavy atom. The van der Waals surface area contributed by atoms with Gasteiger partial charge >= 0.3 is 6.61 Å². The Balaban J connectivity index is 2.29. The number of ether oxygens (including phenoxy) is 1. The molecule has 6 heteroatoms. The third-order valence-electron chi connectivity index (χ3n) is 2.16.